The van der Waals surface area contributed by atoms with Gasteiger partial charge in [0.05, 0.1) is 31.2 Å². The number of piperidine rings is 1. The lowest BCUT2D eigenvalue weighted by molar-refractivity contribution is -0.0708. The number of carbonyl (C=O) groups excluding carboxylic acids is 1. The monoisotopic (exact) mass is 373 g/mol. The van der Waals surface area contributed by atoms with Crippen LogP contribution in [0.5, 0.6) is 17.4 Å². The van der Waals surface area contributed by atoms with E-state index in [2.05, 4.69) is 9.97 Å². The van der Waals surface area contributed by atoms with E-state index in [1.54, 1.807) is 24.0 Å². The van der Waals surface area contributed by atoms with Crippen molar-refractivity contribution in [2.75, 3.05) is 33.4 Å². The van der Waals surface area contributed by atoms with Crippen molar-refractivity contribution < 1.29 is 24.1 Å². The zero-order chi connectivity index (χ0) is 19.0. The van der Waals surface area contributed by atoms with Gasteiger partial charge in [-0.15, -0.1) is 0 Å². The van der Waals surface area contributed by atoms with Crippen molar-refractivity contribution in [1.82, 2.24) is 14.9 Å². The average Bonchev–Trinajstić information content (AvgIpc) is 2.60. The fraction of sp³-hybridized carbons (Fsp3) is 0.526. The van der Waals surface area contributed by atoms with Crippen LogP contribution in [0.2, 0.25) is 0 Å². The van der Waals surface area contributed by atoms with Gasteiger partial charge in [-0.05, 0) is 31.7 Å². The molecular weight excluding hydrogens is 350 g/mol. The number of nitrogens with zero attached hydrogens (tertiary/aromatic N) is 3. The minimum Gasteiger partial charge on any atom is -0.493 e. The minimum atomic E-state index is -0.413. The smallest absolute Gasteiger partial charge is 0.415 e. The Morgan fingerprint density at radius 3 is 2.56 bits per heavy atom. The second-order valence-corrected chi connectivity index (χ2v) is 7.10. The molecule has 27 heavy (non-hydrogen) atoms. The molecule has 8 heteroatoms. The Morgan fingerprint density at radius 2 is 1.93 bits per heavy atom. The van der Waals surface area contributed by atoms with Crippen LogP contribution in [0.1, 0.15) is 18.7 Å². The number of benzene rings is 1. The van der Waals surface area contributed by atoms with Gasteiger partial charge in [-0.3, -0.25) is 0 Å². The Morgan fingerprint density at radius 1 is 1.19 bits per heavy atom. The normalized spacial score (nSPS) is 18.4. The predicted molar refractivity (Wildman–Crippen MR) is 97.1 cm³/mol. The Hall–Kier alpha value is -2.61. The van der Waals surface area contributed by atoms with Gasteiger partial charge in [0.25, 0.3) is 0 Å². The third kappa shape index (κ3) is 3.49. The first-order valence-corrected chi connectivity index (χ1v) is 9.15. The number of carbonyl (C=O) groups is 1. The number of likely N-dealkylation sites (tertiary alicyclic amines) is 1. The summed E-state index contributed by atoms with van der Waals surface area (Å²) in [5.41, 5.74) is 0.528. The molecule has 0 spiro atoms. The number of hydrogen-bond acceptors (Lipinski definition) is 7. The van der Waals surface area contributed by atoms with Gasteiger partial charge in [0.15, 0.2) is 11.5 Å². The number of rotatable bonds is 3. The van der Waals surface area contributed by atoms with Crippen LogP contribution in [0.4, 0.5) is 4.79 Å². The fourth-order valence-electron chi connectivity index (χ4n) is 3.71. The number of aryl methyl sites for hydroxylation is 1. The van der Waals surface area contributed by atoms with Crippen LogP contribution in [0.25, 0.3) is 10.9 Å². The third-order valence-corrected chi connectivity index (χ3v) is 5.40. The number of methoxy groups -OCH3 is 1. The predicted octanol–water partition coefficient (Wildman–Crippen LogP) is 2.51. The molecule has 0 unspecified atom stereocenters. The SMILES string of the molecule is COc1cc2nc(C)nc(O)c2cc1OC(=O)N1CCC(C2COC2)CC1. The molecule has 0 radical (unpaired) electrons. The fourth-order valence-corrected chi connectivity index (χ4v) is 3.71. The lowest BCUT2D eigenvalue weighted by Crippen LogP contribution is -2.45. The van der Waals surface area contributed by atoms with Crippen LogP contribution in [-0.4, -0.2) is 59.5 Å². The number of aromatic nitrogens is 2. The van der Waals surface area contributed by atoms with E-state index in [1.807, 2.05) is 0 Å². The molecule has 1 N–H and O–H groups in total. The van der Waals surface area contributed by atoms with Gasteiger partial charge >= 0.3 is 6.09 Å². The van der Waals surface area contributed by atoms with E-state index in [-0.39, 0.29) is 11.6 Å². The molecule has 2 fully saturated rings. The molecule has 2 aliphatic rings. The summed E-state index contributed by atoms with van der Waals surface area (Å²) < 4.78 is 16.2. The molecular formula is C19H23N3O5. The van der Waals surface area contributed by atoms with Gasteiger partial charge in [-0.1, -0.05) is 0 Å². The standard InChI is InChI=1S/C19H23N3O5/c1-11-20-15-8-16(25-2)17(7-14(15)18(23)21-11)27-19(24)22-5-3-12(4-6-22)13-9-26-10-13/h7-8,12-13H,3-6,9-10H2,1-2H3,(H,20,21,23). The van der Waals surface area contributed by atoms with E-state index in [9.17, 15) is 9.90 Å². The first kappa shape index (κ1) is 17.8. The third-order valence-electron chi connectivity index (χ3n) is 5.40. The topological polar surface area (TPSA) is 94.0 Å². The van der Waals surface area contributed by atoms with Crippen LogP contribution in [0.3, 0.4) is 0 Å². The molecule has 1 aromatic heterocycles. The second kappa shape index (κ2) is 7.19. The van der Waals surface area contributed by atoms with Crippen molar-refractivity contribution in [3.05, 3.63) is 18.0 Å². The Labute approximate surface area is 157 Å². The zero-order valence-electron chi connectivity index (χ0n) is 15.5. The first-order valence-electron chi connectivity index (χ1n) is 9.15. The van der Waals surface area contributed by atoms with Crippen molar-refractivity contribution >= 4 is 17.0 Å². The van der Waals surface area contributed by atoms with Crippen LogP contribution >= 0.6 is 0 Å². The van der Waals surface area contributed by atoms with E-state index < -0.39 is 6.09 Å². The Kier molecular flexibility index (Phi) is 4.73. The highest BCUT2D eigenvalue weighted by Crippen LogP contribution is 2.35. The summed E-state index contributed by atoms with van der Waals surface area (Å²) >= 11 is 0. The molecule has 0 aliphatic carbocycles. The van der Waals surface area contributed by atoms with E-state index in [4.69, 9.17) is 14.2 Å². The molecule has 8 nitrogen and oxygen atoms in total. The summed E-state index contributed by atoms with van der Waals surface area (Å²) in [6, 6.07) is 3.18. The van der Waals surface area contributed by atoms with Crippen LogP contribution in [0.15, 0.2) is 12.1 Å². The van der Waals surface area contributed by atoms with Crippen molar-refractivity contribution in [1.29, 1.82) is 0 Å². The maximum atomic E-state index is 12.6. The van der Waals surface area contributed by atoms with Crippen LogP contribution in [-0.2, 0) is 4.74 Å². The molecule has 0 atom stereocenters. The maximum absolute atomic E-state index is 12.6. The summed E-state index contributed by atoms with van der Waals surface area (Å²) in [6.07, 6.45) is 1.51. The van der Waals surface area contributed by atoms with E-state index in [0.717, 1.165) is 26.1 Å². The van der Waals surface area contributed by atoms with E-state index in [1.165, 1.54) is 7.11 Å². The van der Waals surface area contributed by atoms with Crippen LogP contribution in [0, 0.1) is 18.8 Å². The average molecular weight is 373 g/mol. The highest BCUT2D eigenvalue weighted by molar-refractivity contribution is 5.87. The number of amides is 1. The zero-order valence-corrected chi connectivity index (χ0v) is 15.5. The second-order valence-electron chi connectivity index (χ2n) is 7.10. The molecule has 2 aromatic rings. The summed E-state index contributed by atoms with van der Waals surface area (Å²) in [5, 5.41) is 10.5. The van der Waals surface area contributed by atoms with E-state index >= 15 is 0 Å². The van der Waals surface area contributed by atoms with Gasteiger partial charge in [0.2, 0.25) is 5.88 Å². The molecule has 0 saturated carbocycles. The summed E-state index contributed by atoms with van der Waals surface area (Å²) in [7, 11) is 1.50. The van der Waals surface area contributed by atoms with Gasteiger partial charge in [-0.2, -0.15) is 4.98 Å². The number of fused-ring (bicyclic) bond motifs is 1. The Bertz CT molecular complexity index is 860. The lowest BCUT2D eigenvalue weighted by Gasteiger charge is -2.39. The van der Waals surface area contributed by atoms with Gasteiger partial charge < -0.3 is 24.2 Å². The maximum Gasteiger partial charge on any atom is 0.415 e. The van der Waals surface area contributed by atoms with Crippen molar-refractivity contribution in [2.45, 2.75) is 19.8 Å². The number of ether oxygens (including phenoxy) is 3. The van der Waals surface area contributed by atoms with Crippen molar-refractivity contribution in [3.8, 4) is 17.4 Å². The Balaban J connectivity index is 1.49. The van der Waals surface area contributed by atoms with Gasteiger partial charge in [0, 0.05) is 25.1 Å². The highest BCUT2D eigenvalue weighted by atomic mass is 16.6. The van der Waals surface area contributed by atoms with E-state index in [0.29, 0.717) is 47.4 Å². The summed E-state index contributed by atoms with van der Waals surface area (Å²) in [5.74, 6) is 2.18. The van der Waals surface area contributed by atoms with Gasteiger partial charge in [0.1, 0.15) is 5.82 Å². The number of hydrogen-bond donors (Lipinski definition) is 1. The largest absolute Gasteiger partial charge is 0.493 e. The van der Waals surface area contributed by atoms with Crippen molar-refractivity contribution in [3.63, 3.8) is 0 Å². The molecule has 1 aromatic carbocycles. The molecule has 144 valence electrons. The molecule has 2 aliphatic heterocycles. The summed E-state index contributed by atoms with van der Waals surface area (Å²) in [4.78, 5) is 22.5. The molecule has 2 saturated heterocycles. The van der Waals surface area contributed by atoms with Crippen LogP contribution < -0.4 is 9.47 Å². The minimum absolute atomic E-state index is 0.152. The van der Waals surface area contributed by atoms with Crippen molar-refractivity contribution in [2.24, 2.45) is 11.8 Å². The van der Waals surface area contributed by atoms with Gasteiger partial charge in [-0.25, -0.2) is 9.78 Å². The summed E-state index contributed by atoms with van der Waals surface area (Å²) in [6.45, 7) is 4.72. The number of aromatic hydroxyl groups is 1. The molecule has 4 rings (SSSR count). The quantitative estimate of drug-likeness (QED) is 0.883. The first-order chi connectivity index (χ1) is 13.0. The lowest BCUT2D eigenvalue weighted by atomic mass is 9.83. The molecule has 1 amide bonds. The molecule has 3 heterocycles. The highest BCUT2D eigenvalue weighted by Gasteiger charge is 2.33. The molecule has 0 bridgehead atoms.